The minimum atomic E-state index is -1.20. The standard InChI is InChI=1S/C24H20Cl2FN7OS/c25-17-5-4-14(10-18(17)26)11-20-31-32-21-13-33(7-8-34(20)21)24-29-19-6-9-36(35)22(19)23(30-24)28-16-3-1-2-15(27)12-16/h1-5,10,12H,6-9,11,13H2,(H,28,29,30). The molecule has 0 saturated carbocycles. The highest BCUT2D eigenvalue weighted by Gasteiger charge is 2.29. The van der Waals surface area contributed by atoms with E-state index in [2.05, 4.69) is 20.1 Å². The molecular weight excluding hydrogens is 524 g/mol. The van der Waals surface area contributed by atoms with Crippen LogP contribution >= 0.6 is 23.2 Å². The van der Waals surface area contributed by atoms with Crippen molar-refractivity contribution >= 4 is 51.5 Å². The van der Waals surface area contributed by atoms with E-state index in [0.29, 0.717) is 70.6 Å². The fourth-order valence-electron chi connectivity index (χ4n) is 4.46. The maximum Gasteiger partial charge on any atom is 0.228 e. The van der Waals surface area contributed by atoms with Crippen molar-refractivity contribution in [2.24, 2.45) is 0 Å². The monoisotopic (exact) mass is 543 g/mol. The zero-order valence-corrected chi connectivity index (χ0v) is 21.2. The SMILES string of the molecule is O=S1CCc2nc(N3CCn4c(Cc5ccc(Cl)c(Cl)c5)nnc4C3)nc(Nc3cccc(F)c3)c21. The van der Waals surface area contributed by atoms with Crippen LogP contribution in [0.15, 0.2) is 47.4 Å². The summed E-state index contributed by atoms with van der Waals surface area (Å²) in [5.41, 5.74) is 2.30. The Kier molecular flexibility index (Phi) is 6.10. The fraction of sp³-hybridized carbons (Fsp3) is 0.250. The Morgan fingerprint density at radius 1 is 1.06 bits per heavy atom. The maximum absolute atomic E-state index is 13.7. The molecule has 184 valence electrons. The Hall–Kier alpha value is -3.08. The van der Waals surface area contributed by atoms with Crippen LogP contribution in [0.3, 0.4) is 0 Å². The minimum Gasteiger partial charge on any atom is -0.339 e. The van der Waals surface area contributed by atoms with Gasteiger partial charge in [0.1, 0.15) is 16.5 Å². The molecule has 2 aromatic heterocycles. The Bertz CT molecular complexity index is 1510. The number of aryl methyl sites for hydroxylation is 1. The lowest BCUT2D eigenvalue weighted by molar-refractivity contribution is 0.538. The van der Waals surface area contributed by atoms with E-state index in [9.17, 15) is 8.60 Å². The van der Waals surface area contributed by atoms with Gasteiger partial charge in [0.25, 0.3) is 0 Å². The first-order valence-electron chi connectivity index (χ1n) is 11.4. The van der Waals surface area contributed by atoms with Crippen LogP contribution in [-0.2, 0) is 36.7 Å². The van der Waals surface area contributed by atoms with Gasteiger partial charge in [-0.2, -0.15) is 4.98 Å². The largest absolute Gasteiger partial charge is 0.339 e. The highest BCUT2D eigenvalue weighted by Crippen LogP contribution is 2.33. The van der Waals surface area contributed by atoms with Gasteiger partial charge in [-0.15, -0.1) is 10.2 Å². The van der Waals surface area contributed by atoms with Crippen molar-refractivity contribution in [1.29, 1.82) is 0 Å². The van der Waals surface area contributed by atoms with Gasteiger partial charge in [0.05, 0.1) is 33.1 Å². The zero-order valence-electron chi connectivity index (χ0n) is 18.9. The second-order valence-corrected chi connectivity index (χ2v) is 10.9. The van der Waals surface area contributed by atoms with Crippen molar-refractivity contribution in [3.8, 4) is 0 Å². The molecule has 0 fully saturated rings. The molecule has 8 nitrogen and oxygen atoms in total. The maximum atomic E-state index is 13.7. The van der Waals surface area contributed by atoms with Gasteiger partial charge in [-0.1, -0.05) is 35.3 Å². The molecule has 2 aliphatic heterocycles. The van der Waals surface area contributed by atoms with E-state index in [1.54, 1.807) is 18.2 Å². The number of nitrogens with zero attached hydrogens (tertiary/aromatic N) is 6. The number of aromatic nitrogens is 5. The van der Waals surface area contributed by atoms with Crippen molar-refractivity contribution in [3.63, 3.8) is 0 Å². The number of halogens is 3. The third kappa shape index (κ3) is 4.44. The van der Waals surface area contributed by atoms with E-state index in [0.717, 1.165) is 22.9 Å². The summed E-state index contributed by atoms with van der Waals surface area (Å²) in [7, 11) is -1.20. The summed E-state index contributed by atoms with van der Waals surface area (Å²) in [5, 5.41) is 13.0. The first-order valence-corrected chi connectivity index (χ1v) is 13.4. The second kappa shape index (κ2) is 9.42. The van der Waals surface area contributed by atoms with Gasteiger partial charge in [0, 0.05) is 37.4 Å². The predicted molar refractivity (Wildman–Crippen MR) is 137 cm³/mol. The van der Waals surface area contributed by atoms with Crippen molar-refractivity contribution in [2.75, 3.05) is 22.5 Å². The third-order valence-corrected chi connectivity index (χ3v) is 8.42. The summed E-state index contributed by atoms with van der Waals surface area (Å²) in [6.45, 7) is 1.80. The highest BCUT2D eigenvalue weighted by molar-refractivity contribution is 7.85. The Morgan fingerprint density at radius 2 is 1.94 bits per heavy atom. The molecule has 0 bridgehead atoms. The molecule has 2 aromatic carbocycles. The van der Waals surface area contributed by atoms with Crippen molar-refractivity contribution in [1.82, 2.24) is 24.7 Å². The number of anilines is 3. The van der Waals surface area contributed by atoms with Crippen LogP contribution in [0.4, 0.5) is 21.8 Å². The van der Waals surface area contributed by atoms with Gasteiger partial charge in [-0.05, 0) is 35.9 Å². The Labute approximate surface area is 219 Å². The van der Waals surface area contributed by atoms with Gasteiger partial charge in [0.2, 0.25) is 5.95 Å². The summed E-state index contributed by atoms with van der Waals surface area (Å²) in [6.07, 6.45) is 1.19. The van der Waals surface area contributed by atoms with Crippen molar-refractivity contribution in [3.05, 3.63) is 81.2 Å². The molecule has 6 rings (SSSR count). The van der Waals surface area contributed by atoms with Crippen LogP contribution in [0.2, 0.25) is 10.0 Å². The summed E-state index contributed by atoms with van der Waals surface area (Å²) in [4.78, 5) is 12.1. The molecule has 36 heavy (non-hydrogen) atoms. The molecule has 2 aliphatic rings. The van der Waals surface area contributed by atoms with Gasteiger partial charge in [-0.3, -0.25) is 4.21 Å². The molecule has 4 heterocycles. The van der Waals surface area contributed by atoms with Crippen LogP contribution in [0.25, 0.3) is 0 Å². The van der Waals surface area contributed by atoms with Gasteiger partial charge >= 0.3 is 0 Å². The van der Waals surface area contributed by atoms with E-state index in [-0.39, 0.29) is 5.82 Å². The van der Waals surface area contributed by atoms with Crippen LogP contribution in [0.5, 0.6) is 0 Å². The molecule has 0 amide bonds. The molecule has 12 heteroatoms. The van der Waals surface area contributed by atoms with E-state index >= 15 is 0 Å². The van der Waals surface area contributed by atoms with Crippen molar-refractivity contribution in [2.45, 2.75) is 30.8 Å². The van der Waals surface area contributed by atoms with Crippen LogP contribution < -0.4 is 10.2 Å². The van der Waals surface area contributed by atoms with E-state index in [1.165, 1.54) is 12.1 Å². The number of benzene rings is 2. The number of fused-ring (bicyclic) bond motifs is 2. The normalized spacial score (nSPS) is 16.6. The molecular formula is C24H20Cl2FN7OS. The summed E-state index contributed by atoms with van der Waals surface area (Å²) < 4.78 is 28.5. The molecule has 0 radical (unpaired) electrons. The lowest BCUT2D eigenvalue weighted by Gasteiger charge is -2.28. The quantitative estimate of drug-likeness (QED) is 0.395. The van der Waals surface area contributed by atoms with Gasteiger partial charge in [-0.25, -0.2) is 9.37 Å². The Morgan fingerprint density at radius 3 is 2.78 bits per heavy atom. The minimum absolute atomic E-state index is 0.362. The number of hydrogen-bond donors (Lipinski definition) is 1. The first-order chi connectivity index (χ1) is 17.4. The van der Waals surface area contributed by atoms with Gasteiger partial charge in [0.15, 0.2) is 11.6 Å². The number of hydrogen-bond acceptors (Lipinski definition) is 7. The molecule has 0 saturated heterocycles. The lowest BCUT2D eigenvalue weighted by atomic mass is 10.1. The number of rotatable bonds is 5. The van der Waals surface area contributed by atoms with E-state index < -0.39 is 10.8 Å². The summed E-state index contributed by atoms with van der Waals surface area (Å²) in [6, 6.07) is 11.7. The average molecular weight is 544 g/mol. The van der Waals surface area contributed by atoms with Crippen LogP contribution in [0, 0.1) is 5.82 Å². The van der Waals surface area contributed by atoms with Crippen LogP contribution in [0.1, 0.15) is 22.9 Å². The lowest BCUT2D eigenvalue weighted by Crippen LogP contribution is -2.35. The molecule has 0 aliphatic carbocycles. The smallest absolute Gasteiger partial charge is 0.228 e. The Balaban J connectivity index is 1.27. The average Bonchev–Trinajstić information content (AvgIpc) is 3.44. The summed E-state index contributed by atoms with van der Waals surface area (Å²) >= 11 is 12.2. The number of nitrogens with one attached hydrogen (secondary N) is 1. The van der Waals surface area contributed by atoms with Crippen LogP contribution in [-0.4, -0.2) is 41.2 Å². The molecule has 1 unspecified atom stereocenters. The molecule has 1 N–H and O–H groups in total. The van der Waals surface area contributed by atoms with E-state index in [4.69, 9.17) is 33.2 Å². The molecule has 4 aromatic rings. The second-order valence-electron chi connectivity index (χ2n) is 8.61. The molecule has 1 atom stereocenters. The van der Waals surface area contributed by atoms with E-state index in [1.807, 2.05) is 17.0 Å². The zero-order chi connectivity index (χ0) is 24.8. The summed E-state index contributed by atoms with van der Waals surface area (Å²) in [5.74, 6) is 2.76. The molecule has 0 spiro atoms. The van der Waals surface area contributed by atoms with Gasteiger partial charge < -0.3 is 14.8 Å². The predicted octanol–water partition coefficient (Wildman–Crippen LogP) is 4.53. The highest BCUT2D eigenvalue weighted by atomic mass is 35.5. The first kappa shape index (κ1) is 23.3. The third-order valence-electron chi connectivity index (χ3n) is 6.22. The fourth-order valence-corrected chi connectivity index (χ4v) is 6.09. The van der Waals surface area contributed by atoms with Crippen molar-refractivity contribution < 1.29 is 8.60 Å². The topological polar surface area (TPSA) is 88.8 Å².